The minimum absolute atomic E-state index is 0.0291. The van der Waals surface area contributed by atoms with E-state index in [1.54, 1.807) is 41.3 Å². The molecule has 3 aromatic carbocycles. The summed E-state index contributed by atoms with van der Waals surface area (Å²) in [5.74, 6) is -0.555. The second-order valence-electron chi connectivity index (χ2n) is 7.44. The third-order valence-corrected chi connectivity index (χ3v) is 5.03. The molecule has 0 aliphatic rings. The number of alkyl halides is 3. The first-order chi connectivity index (χ1) is 15.8. The van der Waals surface area contributed by atoms with Crippen molar-refractivity contribution in [1.82, 2.24) is 4.90 Å². The number of rotatable bonds is 9. The summed E-state index contributed by atoms with van der Waals surface area (Å²) >= 11 is 0. The molecule has 3 rings (SSSR count). The van der Waals surface area contributed by atoms with Crippen LogP contribution < -0.4 is 10.5 Å². The predicted octanol–water partition coefficient (Wildman–Crippen LogP) is 5.41. The average Bonchev–Trinajstić information content (AvgIpc) is 2.81. The summed E-state index contributed by atoms with van der Waals surface area (Å²) < 4.78 is 58.8. The molecule has 0 aliphatic carbocycles. The predicted molar refractivity (Wildman–Crippen MR) is 117 cm³/mol. The van der Waals surface area contributed by atoms with E-state index in [1.807, 2.05) is 0 Å². The molecule has 1 amide bonds. The van der Waals surface area contributed by atoms with Crippen LogP contribution in [0, 0.1) is 5.82 Å². The van der Waals surface area contributed by atoms with Crippen molar-refractivity contribution in [2.75, 3.05) is 13.1 Å². The summed E-state index contributed by atoms with van der Waals surface area (Å²) in [5, 5.41) is 0. The monoisotopic (exact) mass is 460 g/mol. The molecular weight excluding hydrogens is 436 g/mol. The van der Waals surface area contributed by atoms with E-state index < -0.39 is 11.7 Å². The average molecular weight is 460 g/mol. The molecule has 0 heterocycles. The molecule has 0 aromatic heterocycles. The molecular formula is C25H24F4N2O2. The van der Waals surface area contributed by atoms with Crippen LogP contribution in [0.3, 0.4) is 0 Å². The number of hydrogen-bond acceptors (Lipinski definition) is 3. The lowest BCUT2D eigenvalue weighted by Crippen LogP contribution is -2.32. The second kappa shape index (κ2) is 11.0. The lowest BCUT2D eigenvalue weighted by Gasteiger charge is -2.24. The van der Waals surface area contributed by atoms with E-state index in [1.165, 1.54) is 30.3 Å². The van der Waals surface area contributed by atoms with Gasteiger partial charge in [-0.15, -0.1) is 0 Å². The quantitative estimate of drug-likeness (QED) is 0.434. The maximum Gasteiger partial charge on any atom is 0.416 e. The van der Waals surface area contributed by atoms with E-state index >= 15 is 0 Å². The Morgan fingerprint density at radius 1 is 0.939 bits per heavy atom. The van der Waals surface area contributed by atoms with Crippen LogP contribution in [0.1, 0.15) is 33.5 Å². The summed E-state index contributed by atoms with van der Waals surface area (Å²) in [4.78, 5) is 14.9. The molecule has 3 aromatic rings. The van der Waals surface area contributed by atoms with Gasteiger partial charge in [0.2, 0.25) is 0 Å². The topological polar surface area (TPSA) is 55.6 Å². The van der Waals surface area contributed by atoms with Gasteiger partial charge in [0.25, 0.3) is 5.91 Å². The molecule has 0 radical (unpaired) electrons. The zero-order valence-electron chi connectivity index (χ0n) is 17.8. The van der Waals surface area contributed by atoms with Gasteiger partial charge < -0.3 is 15.4 Å². The summed E-state index contributed by atoms with van der Waals surface area (Å²) in [7, 11) is 0. The Labute approximate surface area is 189 Å². The zero-order chi connectivity index (χ0) is 23.8. The van der Waals surface area contributed by atoms with Crippen LogP contribution in [0.4, 0.5) is 17.6 Å². The van der Waals surface area contributed by atoms with Crippen molar-refractivity contribution in [1.29, 1.82) is 0 Å². The number of halogens is 4. The lowest BCUT2D eigenvalue weighted by atomic mass is 10.1. The maximum absolute atomic E-state index is 13.3. The van der Waals surface area contributed by atoms with Gasteiger partial charge >= 0.3 is 6.18 Å². The van der Waals surface area contributed by atoms with Crippen LogP contribution in [0.25, 0.3) is 0 Å². The van der Waals surface area contributed by atoms with E-state index in [0.717, 1.165) is 11.6 Å². The van der Waals surface area contributed by atoms with Gasteiger partial charge in [0.1, 0.15) is 18.2 Å². The standard InChI is InChI=1S/C25H24F4N2O2/c26-20-12-10-18(11-13-20)16-31(15-5-14-30)24(32)21-7-2-4-9-23(21)33-17-19-6-1-3-8-22(19)25(27,28)29/h1-4,6-13H,5,14-17,30H2. The summed E-state index contributed by atoms with van der Waals surface area (Å²) in [6.45, 7) is 0.614. The largest absolute Gasteiger partial charge is 0.488 e. The molecule has 174 valence electrons. The van der Waals surface area contributed by atoms with Crippen molar-refractivity contribution in [2.45, 2.75) is 25.7 Å². The SMILES string of the molecule is NCCCN(Cc1ccc(F)cc1)C(=O)c1ccccc1OCc1ccccc1C(F)(F)F. The fourth-order valence-electron chi connectivity index (χ4n) is 3.36. The smallest absolute Gasteiger partial charge is 0.416 e. The van der Waals surface area contributed by atoms with Gasteiger partial charge in [-0.25, -0.2) is 4.39 Å². The van der Waals surface area contributed by atoms with Gasteiger partial charge in [-0.1, -0.05) is 42.5 Å². The molecule has 8 heteroatoms. The Kier molecular flexibility index (Phi) is 8.06. The molecule has 2 N–H and O–H groups in total. The van der Waals surface area contributed by atoms with Gasteiger partial charge in [0, 0.05) is 18.7 Å². The Balaban J connectivity index is 1.82. The summed E-state index contributed by atoms with van der Waals surface area (Å²) in [6.07, 6.45) is -3.96. The van der Waals surface area contributed by atoms with Crippen molar-refractivity contribution >= 4 is 5.91 Å². The zero-order valence-corrected chi connectivity index (χ0v) is 17.8. The van der Waals surface area contributed by atoms with Gasteiger partial charge in [-0.05, 0) is 48.9 Å². The number of nitrogens with two attached hydrogens (primary N) is 1. The van der Waals surface area contributed by atoms with Crippen molar-refractivity contribution in [3.8, 4) is 5.75 Å². The number of benzene rings is 3. The fourth-order valence-corrected chi connectivity index (χ4v) is 3.36. The summed E-state index contributed by atoms with van der Waals surface area (Å²) in [6, 6.07) is 17.4. The van der Waals surface area contributed by atoms with Crippen LogP contribution >= 0.6 is 0 Å². The first-order valence-electron chi connectivity index (χ1n) is 10.4. The molecule has 33 heavy (non-hydrogen) atoms. The Morgan fingerprint density at radius 3 is 2.30 bits per heavy atom. The number of carbonyl (C=O) groups excluding carboxylic acids is 1. The van der Waals surface area contributed by atoms with Gasteiger partial charge in [0.05, 0.1) is 11.1 Å². The molecule has 0 saturated heterocycles. The molecule has 0 bridgehead atoms. The Hall–Kier alpha value is -3.39. The summed E-state index contributed by atoms with van der Waals surface area (Å²) in [5.41, 5.74) is 5.76. The maximum atomic E-state index is 13.3. The van der Waals surface area contributed by atoms with E-state index in [-0.39, 0.29) is 41.8 Å². The van der Waals surface area contributed by atoms with Crippen LogP contribution in [-0.4, -0.2) is 23.9 Å². The highest BCUT2D eigenvalue weighted by Crippen LogP contribution is 2.32. The van der Waals surface area contributed by atoms with E-state index in [4.69, 9.17) is 10.5 Å². The third-order valence-electron chi connectivity index (χ3n) is 5.03. The number of hydrogen-bond donors (Lipinski definition) is 1. The number of para-hydroxylation sites is 1. The first-order valence-corrected chi connectivity index (χ1v) is 10.4. The lowest BCUT2D eigenvalue weighted by molar-refractivity contribution is -0.138. The van der Waals surface area contributed by atoms with Crippen molar-refractivity contribution in [3.63, 3.8) is 0 Å². The van der Waals surface area contributed by atoms with Gasteiger partial charge in [0.15, 0.2) is 0 Å². The van der Waals surface area contributed by atoms with Crippen molar-refractivity contribution < 1.29 is 27.1 Å². The highest BCUT2D eigenvalue weighted by molar-refractivity contribution is 5.96. The number of nitrogens with zero attached hydrogens (tertiary/aromatic N) is 1. The van der Waals surface area contributed by atoms with Crippen LogP contribution in [0.15, 0.2) is 72.8 Å². The fraction of sp³-hybridized carbons (Fsp3) is 0.240. The number of ether oxygens (including phenoxy) is 1. The molecule has 0 unspecified atom stereocenters. The molecule has 0 aliphatic heterocycles. The van der Waals surface area contributed by atoms with Crippen LogP contribution in [0.2, 0.25) is 0 Å². The number of carbonyl (C=O) groups is 1. The highest BCUT2D eigenvalue weighted by Gasteiger charge is 2.33. The first kappa shape index (κ1) is 24.3. The van der Waals surface area contributed by atoms with Crippen molar-refractivity contribution in [3.05, 3.63) is 101 Å². The normalized spacial score (nSPS) is 11.3. The van der Waals surface area contributed by atoms with E-state index in [9.17, 15) is 22.4 Å². The molecule has 0 spiro atoms. The Morgan fingerprint density at radius 2 is 1.61 bits per heavy atom. The van der Waals surface area contributed by atoms with E-state index in [2.05, 4.69) is 0 Å². The minimum atomic E-state index is -4.51. The molecule has 0 saturated carbocycles. The molecule has 0 fully saturated rings. The van der Waals surface area contributed by atoms with Crippen LogP contribution in [-0.2, 0) is 19.3 Å². The minimum Gasteiger partial charge on any atom is -0.488 e. The van der Waals surface area contributed by atoms with Crippen LogP contribution in [0.5, 0.6) is 5.75 Å². The van der Waals surface area contributed by atoms with Crippen molar-refractivity contribution in [2.24, 2.45) is 5.73 Å². The Bertz CT molecular complexity index is 1070. The van der Waals surface area contributed by atoms with Gasteiger partial charge in [-0.2, -0.15) is 13.2 Å². The van der Waals surface area contributed by atoms with Gasteiger partial charge in [-0.3, -0.25) is 4.79 Å². The van der Waals surface area contributed by atoms with E-state index in [0.29, 0.717) is 19.5 Å². The molecule has 0 atom stereocenters. The third kappa shape index (κ3) is 6.55. The second-order valence-corrected chi connectivity index (χ2v) is 7.44. The molecule has 4 nitrogen and oxygen atoms in total. The number of amides is 1. The highest BCUT2D eigenvalue weighted by atomic mass is 19.4.